The van der Waals surface area contributed by atoms with Crippen LogP contribution in [0.25, 0.3) is 11.0 Å². The molecule has 1 aromatic carbocycles. The molecule has 13 heavy (non-hydrogen) atoms. The molecule has 0 unspecified atom stereocenters. The molecule has 0 bridgehead atoms. The summed E-state index contributed by atoms with van der Waals surface area (Å²) < 4.78 is 5.39. The monoisotopic (exact) mass is 175 g/mol. The summed E-state index contributed by atoms with van der Waals surface area (Å²) in [5, 5.41) is 1.20. The lowest BCUT2D eigenvalue weighted by molar-refractivity contribution is 0.612. The number of hydrogen-bond acceptors (Lipinski definition) is 2. The highest BCUT2D eigenvalue weighted by molar-refractivity contribution is 5.81. The van der Waals surface area contributed by atoms with Gasteiger partial charge in [-0.3, -0.25) is 0 Å². The van der Waals surface area contributed by atoms with Gasteiger partial charge in [-0.25, -0.2) is 0 Å². The van der Waals surface area contributed by atoms with Crippen LogP contribution in [0, 0.1) is 6.92 Å². The van der Waals surface area contributed by atoms with Gasteiger partial charge in [-0.05, 0) is 37.1 Å². The van der Waals surface area contributed by atoms with Crippen LogP contribution in [-0.2, 0) is 6.42 Å². The van der Waals surface area contributed by atoms with E-state index in [4.69, 9.17) is 10.2 Å². The third kappa shape index (κ3) is 1.45. The van der Waals surface area contributed by atoms with Crippen molar-refractivity contribution in [2.75, 3.05) is 6.54 Å². The van der Waals surface area contributed by atoms with E-state index < -0.39 is 0 Å². The highest BCUT2D eigenvalue weighted by Gasteiger charge is 2.01. The molecule has 2 N–H and O–H groups in total. The van der Waals surface area contributed by atoms with Crippen molar-refractivity contribution in [3.05, 3.63) is 35.6 Å². The van der Waals surface area contributed by atoms with E-state index in [0.29, 0.717) is 6.54 Å². The molecule has 1 aromatic heterocycles. The van der Waals surface area contributed by atoms with Crippen LogP contribution in [-0.4, -0.2) is 6.54 Å². The molecular weight excluding hydrogens is 162 g/mol. The normalized spacial score (nSPS) is 10.9. The van der Waals surface area contributed by atoms with Gasteiger partial charge >= 0.3 is 0 Å². The van der Waals surface area contributed by atoms with Crippen molar-refractivity contribution in [3.63, 3.8) is 0 Å². The number of benzene rings is 1. The zero-order valence-electron chi connectivity index (χ0n) is 7.71. The summed E-state index contributed by atoms with van der Waals surface area (Å²) in [7, 11) is 0. The fraction of sp³-hybridized carbons (Fsp3) is 0.273. The van der Waals surface area contributed by atoms with Gasteiger partial charge in [0, 0.05) is 5.39 Å². The Hall–Kier alpha value is -1.28. The third-order valence-electron chi connectivity index (χ3n) is 2.27. The summed E-state index contributed by atoms with van der Waals surface area (Å²) in [6.07, 6.45) is 2.70. The molecule has 0 saturated heterocycles. The molecule has 0 saturated carbocycles. The maximum atomic E-state index is 5.48. The molecule has 0 aliphatic carbocycles. The van der Waals surface area contributed by atoms with Crippen molar-refractivity contribution in [1.29, 1.82) is 0 Å². The van der Waals surface area contributed by atoms with E-state index in [0.717, 1.165) is 12.0 Å². The zero-order chi connectivity index (χ0) is 9.26. The lowest BCUT2D eigenvalue weighted by Gasteiger charge is -1.97. The van der Waals surface area contributed by atoms with Crippen LogP contribution in [0.1, 0.15) is 11.1 Å². The molecular formula is C11H13NO. The Labute approximate surface area is 77.3 Å². The third-order valence-corrected chi connectivity index (χ3v) is 2.27. The Morgan fingerprint density at radius 3 is 3.00 bits per heavy atom. The van der Waals surface area contributed by atoms with Gasteiger partial charge in [0.25, 0.3) is 0 Å². The number of aryl methyl sites for hydroxylation is 1. The maximum absolute atomic E-state index is 5.48. The van der Waals surface area contributed by atoms with Crippen molar-refractivity contribution in [2.45, 2.75) is 13.3 Å². The number of fused-ring (bicyclic) bond motifs is 1. The van der Waals surface area contributed by atoms with Crippen LogP contribution in [0.15, 0.2) is 28.9 Å². The minimum atomic E-state index is 0.686. The van der Waals surface area contributed by atoms with Crippen molar-refractivity contribution in [1.82, 2.24) is 0 Å². The minimum absolute atomic E-state index is 0.686. The first-order valence-corrected chi connectivity index (χ1v) is 4.48. The predicted molar refractivity (Wildman–Crippen MR) is 53.7 cm³/mol. The first-order valence-electron chi connectivity index (χ1n) is 4.48. The van der Waals surface area contributed by atoms with E-state index >= 15 is 0 Å². The first kappa shape index (κ1) is 8.32. The average molecular weight is 175 g/mol. The van der Waals surface area contributed by atoms with E-state index in [-0.39, 0.29) is 0 Å². The number of nitrogens with two attached hydrogens (primary N) is 1. The maximum Gasteiger partial charge on any atom is 0.134 e. The van der Waals surface area contributed by atoms with Gasteiger partial charge in [-0.1, -0.05) is 12.1 Å². The van der Waals surface area contributed by atoms with E-state index in [9.17, 15) is 0 Å². The summed E-state index contributed by atoms with van der Waals surface area (Å²) in [6.45, 7) is 2.74. The largest absolute Gasteiger partial charge is 0.464 e. The number of rotatable bonds is 2. The summed E-state index contributed by atoms with van der Waals surface area (Å²) in [5.74, 6) is 0. The Morgan fingerprint density at radius 2 is 2.23 bits per heavy atom. The lowest BCUT2D eigenvalue weighted by atomic mass is 10.1. The quantitative estimate of drug-likeness (QED) is 0.760. The molecule has 68 valence electrons. The Balaban J connectivity index is 2.50. The minimum Gasteiger partial charge on any atom is -0.464 e. The highest BCUT2D eigenvalue weighted by atomic mass is 16.3. The van der Waals surface area contributed by atoms with Gasteiger partial charge in [0.1, 0.15) is 5.58 Å². The number of hydrogen-bond donors (Lipinski definition) is 1. The Morgan fingerprint density at radius 1 is 1.38 bits per heavy atom. The van der Waals surface area contributed by atoms with Gasteiger partial charge < -0.3 is 10.2 Å². The van der Waals surface area contributed by atoms with Crippen LogP contribution in [0.3, 0.4) is 0 Å². The van der Waals surface area contributed by atoms with E-state index in [1.807, 2.05) is 0 Å². The molecule has 1 heterocycles. The van der Waals surface area contributed by atoms with Crippen molar-refractivity contribution in [3.8, 4) is 0 Å². The highest BCUT2D eigenvalue weighted by Crippen LogP contribution is 2.21. The van der Waals surface area contributed by atoms with Gasteiger partial charge in [0.2, 0.25) is 0 Å². The van der Waals surface area contributed by atoms with E-state index in [1.54, 1.807) is 6.26 Å². The van der Waals surface area contributed by atoms with Crippen LogP contribution in [0.5, 0.6) is 0 Å². The molecule has 0 radical (unpaired) electrons. The molecule has 2 rings (SSSR count). The fourth-order valence-corrected chi connectivity index (χ4v) is 1.53. The molecule has 0 atom stereocenters. The van der Waals surface area contributed by atoms with Crippen LogP contribution in [0.4, 0.5) is 0 Å². The average Bonchev–Trinajstić information content (AvgIpc) is 2.48. The van der Waals surface area contributed by atoms with Gasteiger partial charge in [-0.15, -0.1) is 0 Å². The number of furan rings is 1. The summed E-state index contributed by atoms with van der Waals surface area (Å²) in [4.78, 5) is 0. The molecule has 0 aliphatic heterocycles. The summed E-state index contributed by atoms with van der Waals surface area (Å²) in [6, 6.07) is 6.27. The SMILES string of the molecule is Cc1coc2cc(CCN)ccc12. The Kier molecular flexibility index (Phi) is 2.07. The zero-order valence-corrected chi connectivity index (χ0v) is 7.71. The topological polar surface area (TPSA) is 39.2 Å². The van der Waals surface area contributed by atoms with Crippen LogP contribution in [0.2, 0.25) is 0 Å². The molecule has 0 fully saturated rings. The summed E-state index contributed by atoms with van der Waals surface area (Å²) in [5.41, 5.74) is 8.87. The van der Waals surface area contributed by atoms with Gasteiger partial charge in [-0.2, -0.15) is 0 Å². The second-order valence-corrected chi connectivity index (χ2v) is 3.29. The molecule has 2 aromatic rings. The summed E-state index contributed by atoms with van der Waals surface area (Å²) >= 11 is 0. The molecule has 0 spiro atoms. The Bertz CT molecular complexity index is 417. The molecule has 0 aliphatic rings. The molecule has 2 nitrogen and oxygen atoms in total. The van der Waals surface area contributed by atoms with Gasteiger partial charge in [0.15, 0.2) is 0 Å². The van der Waals surface area contributed by atoms with Gasteiger partial charge in [0.05, 0.1) is 6.26 Å². The van der Waals surface area contributed by atoms with Crippen LogP contribution < -0.4 is 5.73 Å². The van der Waals surface area contributed by atoms with Crippen molar-refractivity contribution in [2.24, 2.45) is 5.73 Å². The lowest BCUT2D eigenvalue weighted by Crippen LogP contribution is -2.02. The van der Waals surface area contributed by atoms with Crippen LogP contribution >= 0.6 is 0 Å². The predicted octanol–water partition coefficient (Wildman–Crippen LogP) is 2.24. The van der Waals surface area contributed by atoms with E-state index in [1.165, 1.54) is 16.5 Å². The second-order valence-electron chi connectivity index (χ2n) is 3.29. The second kappa shape index (κ2) is 3.23. The standard InChI is InChI=1S/C11H13NO/c1-8-7-13-11-6-9(4-5-12)2-3-10(8)11/h2-3,6-7H,4-5,12H2,1H3. The van der Waals surface area contributed by atoms with E-state index in [2.05, 4.69) is 25.1 Å². The smallest absolute Gasteiger partial charge is 0.134 e. The fourth-order valence-electron chi connectivity index (χ4n) is 1.53. The van der Waals surface area contributed by atoms with Crippen molar-refractivity contribution >= 4 is 11.0 Å². The molecule has 2 heteroatoms. The molecule has 0 amide bonds. The van der Waals surface area contributed by atoms with Crippen molar-refractivity contribution < 1.29 is 4.42 Å². The first-order chi connectivity index (χ1) is 6.31.